The monoisotopic (exact) mass is 542 g/mol. The number of fused-ring (bicyclic) bond motifs is 1. The summed E-state index contributed by atoms with van der Waals surface area (Å²) in [4.78, 5) is 26.9. The van der Waals surface area contributed by atoms with Crippen LogP contribution in [0, 0.1) is 30.6 Å². The molecule has 0 radical (unpaired) electrons. The third kappa shape index (κ3) is 7.36. The summed E-state index contributed by atoms with van der Waals surface area (Å²) in [6.45, 7) is 18.0. The Hall–Kier alpha value is -2.54. The van der Waals surface area contributed by atoms with Gasteiger partial charge in [0.15, 0.2) is 0 Å². The highest BCUT2D eigenvalue weighted by Crippen LogP contribution is 2.37. The number of esters is 1. The van der Waals surface area contributed by atoms with Gasteiger partial charge >= 0.3 is 12.1 Å². The zero-order valence-electron chi connectivity index (χ0n) is 25.5. The van der Waals surface area contributed by atoms with E-state index < -0.39 is 23.8 Å². The van der Waals surface area contributed by atoms with E-state index in [0.717, 1.165) is 26.0 Å². The summed E-state index contributed by atoms with van der Waals surface area (Å²) >= 11 is 0. The van der Waals surface area contributed by atoms with Gasteiger partial charge in [0.05, 0.1) is 12.0 Å². The number of carboxylic acid groups (broad SMARTS) is 1. The Morgan fingerprint density at radius 1 is 1.23 bits per heavy atom. The first-order chi connectivity index (χ1) is 18.2. The maximum atomic E-state index is 12.7. The molecule has 0 aliphatic carbocycles. The summed E-state index contributed by atoms with van der Waals surface area (Å²) < 4.78 is 13.5. The molecule has 0 unspecified atom stereocenters. The highest BCUT2D eigenvalue weighted by atomic mass is 16.6. The zero-order valence-corrected chi connectivity index (χ0v) is 25.5. The summed E-state index contributed by atoms with van der Waals surface area (Å²) in [5.74, 6) is 0.309. The first kappa shape index (κ1) is 31.0. The van der Waals surface area contributed by atoms with Crippen molar-refractivity contribution < 1.29 is 24.2 Å². The van der Waals surface area contributed by atoms with Crippen LogP contribution in [0.4, 0.5) is 4.79 Å². The van der Waals surface area contributed by atoms with E-state index in [1.54, 1.807) is 7.11 Å². The van der Waals surface area contributed by atoms with Gasteiger partial charge in [-0.05, 0) is 88.3 Å². The van der Waals surface area contributed by atoms with Crippen LogP contribution in [-0.4, -0.2) is 58.0 Å². The first-order valence-corrected chi connectivity index (χ1v) is 14.5. The lowest BCUT2D eigenvalue weighted by atomic mass is 9.80. The van der Waals surface area contributed by atoms with Crippen molar-refractivity contribution in [3.63, 3.8) is 0 Å². The van der Waals surface area contributed by atoms with E-state index in [2.05, 4.69) is 49.7 Å². The van der Waals surface area contributed by atoms with Crippen LogP contribution in [0.3, 0.4) is 0 Å². The molecule has 1 saturated heterocycles. The fraction of sp³-hybridized carbons (Fsp3) is 0.688. The van der Waals surface area contributed by atoms with E-state index in [1.807, 2.05) is 34.6 Å². The van der Waals surface area contributed by atoms with Gasteiger partial charge in [-0.15, -0.1) is 0 Å². The highest BCUT2D eigenvalue weighted by Gasteiger charge is 2.46. The number of hydrogen-bond donors (Lipinski definition) is 1. The van der Waals surface area contributed by atoms with Gasteiger partial charge in [-0.25, -0.2) is 4.79 Å². The standard InChI is InChI=1S/C32H50N2O5/c1-20(2)24(15-23-11-12-25-22(5)19-33(27(25)16-23)13-10-14-38-9)17-28(34(31(36)37)32(6,7)8)29-18-26(21(3)4)30(35)39-29/h11-12,16,19-21,24,26,28-29H,10,13-15,17-18H2,1-9H3,(H,36,37)/t24-,26-,28-,29-/m0/s1. The van der Waals surface area contributed by atoms with Gasteiger partial charge < -0.3 is 19.1 Å². The Labute approximate surface area is 234 Å². The van der Waals surface area contributed by atoms with Crippen LogP contribution in [0.25, 0.3) is 10.9 Å². The van der Waals surface area contributed by atoms with E-state index in [4.69, 9.17) is 9.47 Å². The number of benzene rings is 1. The van der Waals surface area contributed by atoms with Crippen molar-refractivity contribution in [1.82, 2.24) is 9.47 Å². The Balaban J connectivity index is 1.93. The van der Waals surface area contributed by atoms with Gasteiger partial charge in [-0.1, -0.05) is 39.8 Å². The maximum absolute atomic E-state index is 12.7. The molecule has 218 valence electrons. The molecule has 7 nitrogen and oxygen atoms in total. The van der Waals surface area contributed by atoms with E-state index in [0.29, 0.717) is 18.8 Å². The molecule has 1 aliphatic heterocycles. The number of nitrogens with zero attached hydrogens (tertiary/aromatic N) is 2. The molecule has 0 saturated carbocycles. The summed E-state index contributed by atoms with van der Waals surface area (Å²) in [7, 11) is 1.73. The summed E-state index contributed by atoms with van der Waals surface area (Å²) in [6, 6.07) is 6.31. The van der Waals surface area contributed by atoms with E-state index in [1.165, 1.54) is 26.9 Å². The Morgan fingerprint density at radius 3 is 2.46 bits per heavy atom. The SMILES string of the molecule is COCCCn1cc(C)c2ccc(C[C@@H](C[C@@H]([C@@H]3C[C@@H](C(C)C)C(=O)O3)N(C(=O)O)C(C)(C)C)C(C)C)cc21. The number of hydrogen-bond acceptors (Lipinski definition) is 4. The van der Waals surface area contributed by atoms with Crippen molar-refractivity contribution in [3.8, 4) is 0 Å². The molecule has 39 heavy (non-hydrogen) atoms. The molecule has 1 fully saturated rings. The van der Waals surface area contributed by atoms with E-state index in [9.17, 15) is 14.7 Å². The van der Waals surface area contributed by atoms with Gasteiger partial charge in [0.2, 0.25) is 0 Å². The summed E-state index contributed by atoms with van der Waals surface area (Å²) in [6.07, 6.45) is 3.79. The number of aromatic nitrogens is 1. The second-order valence-electron chi connectivity index (χ2n) is 13.1. The fourth-order valence-electron chi connectivity index (χ4n) is 6.18. The number of carbonyl (C=O) groups excluding carboxylic acids is 1. The van der Waals surface area contributed by atoms with Crippen LogP contribution >= 0.6 is 0 Å². The quantitative estimate of drug-likeness (QED) is 0.232. The number of aryl methyl sites for hydroxylation is 2. The normalized spacial score (nSPS) is 19.6. The van der Waals surface area contributed by atoms with Crippen molar-refractivity contribution in [2.45, 2.75) is 105 Å². The Kier molecular flexibility index (Phi) is 10.1. The number of amides is 1. The molecule has 1 aromatic carbocycles. The molecule has 1 aliphatic rings. The van der Waals surface area contributed by atoms with Gasteiger partial charge in [0.25, 0.3) is 0 Å². The summed E-state index contributed by atoms with van der Waals surface area (Å²) in [5, 5.41) is 11.6. The first-order valence-electron chi connectivity index (χ1n) is 14.5. The number of rotatable bonds is 12. The molecule has 0 bridgehead atoms. The molecular formula is C32H50N2O5. The smallest absolute Gasteiger partial charge is 0.408 e. The number of ether oxygens (including phenoxy) is 2. The minimum atomic E-state index is -0.968. The molecular weight excluding hydrogens is 492 g/mol. The third-order valence-electron chi connectivity index (χ3n) is 8.43. The van der Waals surface area contributed by atoms with Crippen LogP contribution in [0.2, 0.25) is 0 Å². The second kappa shape index (κ2) is 12.8. The van der Waals surface area contributed by atoms with Crippen LogP contribution in [0.15, 0.2) is 24.4 Å². The molecule has 2 aromatic rings. The number of carbonyl (C=O) groups is 2. The fourth-order valence-corrected chi connectivity index (χ4v) is 6.18. The minimum Gasteiger partial charge on any atom is -0.465 e. The van der Waals surface area contributed by atoms with Gasteiger partial charge in [0.1, 0.15) is 6.10 Å². The lowest BCUT2D eigenvalue weighted by Crippen LogP contribution is -2.56. The van der Waals surface area contributed by atoms with Crippen LogP contribution in [0.5, 0.6) is 0 Å². The predicted molar refractivity (Wildman–Crippen MR) is 156 cm³/mol. The van der Waals surface area contributed by atoms with Crippen molar-refractivity contribution >= 4 is 23.0 Å². The Bertz CT molecular complexity index is 1130. The lowest BCUT2D eigenvalue weighted by Gasteiger charge is -2.43. The molecule has 1 aromatic heterocycles. The largest absolute Gasteiger partial charge is 0.465 e. The molecule has 4 atom stereocenters. The highest BCUT2D eigenvalue weighted by molar-refractivity contribution is 5.84. The topological polar surface area (TPSA) is 81.0 Å². The van der Waals surface area contributed by atoms with Crippen molar-refractivity contribution in [3.05, 3.63) is 35.5 Å². The number of methoxy groups -OCH3 is 1. The minimum absolute atomic E-state index is 0.160. The molecule has 1 N–H and O–H groups in total. The number of cyclic esters (lactones) is 1. The molecule has 7 heteroatoms. The van der Waals surface area contributed by atoms with E-state index >= 15 is 0 Å². The van der Waals surface area contributed by atoms with Gasteiger partial charge in [0, 0.05) is 42.9 Å². The lowest BCUT2D eigenvalue weighted by molar-refractivity contribution is -0.148. The Morgan fingerprint density at radius 2 is 1.92 bits per heavy atom. The predicted octanol–water partition coefficient (Wildman–Crippen LogP) is 6.93. The zero-order chi connectivity index (χ0) is 29.1. The maximum Gasteiger partial charge on any atom is 0.408 e. The van der Waals surface area contributed by atoms with E-state index in [-0.39, 0.29) is 23.7 Å². The second-order valence-corrected chi connectivity index (χ2v) is 13.1. The third-order valence-corrected chi connectivity index (χ3v) is 8.43. The average Bonchev–Trinajstić information content (AvgIpc) is 3.36. The van der Waals surface area contributed by atoms with Crippen LogP contribution < -0.4 is 0 Å². The molecule has 1 amide bonds. The summed E-state index contributed by atoms with van der Waals surface area (Å²) in [5.41, 5.74) is 3.11. The van der Waals surface area contributed by atoms with Gasteiger partial charge in [-0.2, -0.15) is 0 Å². The van der Waals surface area contributed by atoms with Gasteiger partial charge in [-0.3, -0.25) is 9.69 Å². The molecule has 2 heterocycles. The van der Waals surface area contributed by atoms with Crippen LogP contribution in [-0.2, 0) is 27.2 Å². The van der Waals surface area contributed by atoms with Crippen molar-refractivity contribution in [2.75, 3.05) is 13.7 Å². The van der Waals surface area contributed by atoms with Crippen molar-refractivity contribution in [2.24, 2.45) is 23.7 Å². The van der Waals surface area contributed by atoms with Crippen LogP contribution in [0.1, 0.15) is 78.9 Å². The average molecular weight is 543 g/mol. The van der Waals surface area contributed by atoms with Crippen molar-refractivity contribution in [1.29, 1.82) is 0 Å². The molecule has 3 rings (SSSR count). The molecule has 0 spiro atoms.